The van der Waals surface area contributed by atoms with E-state index in [-0.39, 0.29) is 17.5 Å². The van der Waals surface area contributed by atoms with Crippen molar-refractivity contribution < 1.29 is 13.9 Å². The van der Waals surface area contributed by atoms with Crippen LogP contribution in [0.1, 0.15) is 30.0 Å². The van der Waals surface area contributed by atoms with Crippen LogP contribution in [0, 0.1) is 12.7 Å². The average molecular weight is 267 g/mol. The molecule has 1 aromatic rings. The van der Waals surface area contributed by atoms with Crippen molar-refractivity contribution in [3.05, 3.63) is 35.1 Å². The van der Waals surface area contributed by atoms with Crippen molar-refractivity contribution in [1.82, 2.24) is 5.32 Å². The number of hydrogen-bond acceptors (Lipinski definition) is 3. The molecule has 1 heterocycles. The van der Waals surface area contributed by atoms with Crippen molar-refractivity contribution in [2.45, 2.75) is 31.4 Å². The summed E-state index contributed by atoms with van der Waals surface area (Å²) < 4.78 is 25.0. The first-order valence-electron chi connectivity index (χ1n) is 6.69. The van der Waals surface area contributed by atoms with Gasteiger partial charge in [-0.05, 0) is 31.2 Å². The van der Waals surface area contributed by atoms with Gasteiger partial charge in [-0.3, -0.25) is 0 Å². The van der Waals surface area contributed by atoms with Crippen LogP contribution in [-0.2, 0) is 9.47 Å². The van der Waals surface area contributed by atoms with E-state index in [9.17, 15) is 4.39 Å². The predicted molar refractivity (Wildman–Crippen MR) is 72.7 cm³/mol. The van der Waals surface area contributed by atoms with Crippen LogP contribution < -0.4 is 5.32 Å². The van der Waals surface area contributed by atoms with Gasteiger partial charge in [0.1, 0.15) is 5.82 Å². The van der Waals surface area contributed by atoms with Crippen molar-refractivity contribution in [2.24, 2.45) is 0 Å². The van der Waals surface area contributed by atoms with Crippen molar-refractivity contribution >= 4 is 0 Å². The molecular weight excluding hydrogens is 245 g/mol. The Hall–Kier alpha value is -0.970. The monoisotopic (exact) mass is 267 g/mol. The van der Waals surface area contributed by atoms with E-state index in [1.807, 2.05) is 19.2 Å². The molecule has 0 amide bonds. The Morgan fingerprint density at radius 3 is 2.58 bits per heavy atom. The second-order valence-corrected chi connectivity index (χ2v) is 5.11. The number of hydrogen-bond donors (Lipinski definition) is 1. The first-order valence-corrected chi connectivity index (χ1v) is 6.69. The molecule has 19 heavy (non-hydrogen) atoms. The van der Waals surface area contributed by atoms with Crippen LogP contribution in [0.5, 0.6) is 0 Å². The average Bonchev–Trinajstić information content (AvgIpc) is 2.44. The Balaban J connectivity index is 2.33. The van der Waals surface area contributed by atoms with E-state index in [1.165, 1.54) is 0 Å². The maximum absolute atomic E-state index is 13.8. The minimum absolute atomic E-state index is 0.0310. The summed E-state index contributed by atoms with van der Waals surface area (Å²) in [5.74, 6) is -0.170. The van der Waals surface area contributed by atoms with Gasteiger partial charge in [-0.25, -0.2) is 4.39 Å². The molecular formula is C15H22FNO2. The van der Waals surface area contributed by atoms with Gasteiger partial charge >= 0.3 is 0 Å². The Kier molecular flexibility index (Phi) is 4.55. The molecule has 0 bridgehead atoms. The number of methoxy groups -OCH3 is 1. The fraction of sp³-hybridized carbons (Fsp3) is 0.600. The van der Waals surface area contributed by atoms with Gasteiger partial charge in [0.25, 0.3) is 0 Å². The van der Waals surface area contributed by atoms with Crippen molar-refractivity contribution in [3.8, 4) is 0 Å². The zero-order valence-electron chi connectivity index (χ0n) is 11.8. The third-order valence-electron chi connectivity index (χ3n) is 4.09. The highest BCUT2D eigenvalue weighted by atomic mass is 19.1. The third-order valence-corrected chi connectivity index (χ3v) is 4.09. The summed E-state index contributed by atoms with van der Waals surface area (Å²) in [6.45, 7) is 3.13. The van der Waals surface area contributed by atoms with Gasteiger partial charge in [0.05, 0.1) is 11.6 Å². The number of rotatable bonds is 4. The standard InChI is InChI=1S/C15H22FNO2/c1-11-4-5-12(10-13(11)16)14(17-2)15(18-3)6-8-19-9-7-15/h4-5,10,14,17H,6-9H2,1-3H3. The molecule has 4 heteroatoms. The zero-order chi connectivity index (χ0) is 13.9. The van der Waals surface area contributed by atoms with E-state index in [4.69, 9.17) is 9.47 Å². The smallest absolute Gasteiger partial charge is 0.126 e. The van der Waals surface area contributed by atoms with Gasteiger partial charge in [0.2, 0.25) is 0 Å². The molecule has 1 atom stereocenters. The van der Waals surface area contributed by atoms with Crippen molar-refractivity contribution in [1.29, 1.82) is 0 Å². The largest absolute Gasteiger partial charge is 0.381 e. The molecule has 1 fully saturated rings. The van der Waals surface area contributed by atoms with Crippen molar-refractivity contribution in [3.63, 3.8) is 0 Å². The molecule has 0 saturated carbocycles. The second-order valence-electron chi connectivity index (χ2n) is 5.11. The molecule has 1 unspecified atom stereocenters. The molecule has 1 N–H and O–H groups in total. The molecule has 2 rings (SSSR count). The topological polar surface area (TPSA) is 30.5 Å². The van der Waals surface area contributed by atoms with E-state index in [0.717, 1.165) is 18.4 Å². The van der Waals surface area contributed by atoms with Gasteiger partial charge in [-0.15, -0.1) is 0 Å². The summed E-state index contributed by atoms with van der Waals surface area (Å²) >= 11 is 0. The summed E-state index contributed by atoms with van der Waals surface area (Å²) in [5.41, 5.74) is 1.26. The molecule has 0 aromatic heterocycles. The van der Waals surface area contributed by atoms with Crippen LogP contribution in [0.25, 0.3) is 0 Å². The van der Waals surface area contributed by atoms with Crippen LogP contribution in [0.15, 0.2) is 18.2 Å². The highest BCUT2D eigenvalue weighted by Gasteiger charge is 2.40. The molecule has 0 radical (unpaired) electrons. The third kappa shape index (κ3) is 2.81. The molecule has 1 saturated heterocycles. The second kappa shape index (κ2) is 5.99. The van der Waals surface area contributed by atoms with Crippen LogP contribution >= 0.6 is 0 Å². The van der Waals surface area contributed by atoms with Gasteiger partial charge < -0.3 is 14.8 Å². The fourth-order valence-electron chi connectivity index (χ4n) is 2.85. The van der Waals surface area contributed by atoms with Crippen LogP contribution in [0.4, 0.5) is 4.39 Å². The van der Waals surface area contributed by atoms with Gasteiger partial charge in [0.15, 0.2) is 0 Å². The Labute approximate surface area is 114 Å². The number of ether oxygens (including phenoxy) is 2. The number of likely N-dealkylation sites (N-methyl/N-ethyl adjacent to an activating group) is 1. The van der Waals surface area contributed by atoms with E-state index in [2.05, 4.69) is 5.32 Å². The molecule has 1 aliphatic rings. The zero-order valence-corrected chi connectivity index (χ0v) is 11.8. The minimum atomic E-state index is -0.325. The van der Waals surface area contributed by atoms with E-state index in [1.54, 1.807) is 20.1 Å². The summed E-state index contributed by atoms with van der Waals surface area (Å²) in [5, 5.41) is 3.28. The summed E-state index contributed by atoms with van der Waals surface area (Å²) in [6, 6.07) is 5.36. The van der Waals surface area contributed by atoms with Gasteiger partial charge in [0, 0.05) is 33.2 Å². The minimum Gasteiger partial charge on any atom is -0.381 e. The molecule has 106 valence electrons. The molecule has 0 aliphatic carbocycles. The maximum atomic E-state index is 13.8. The lowest BCUT2D eigenvalue weighted by atomic mass is 9.82. The van der Waals surface area contributed by atoms with E-state index >= 15 is 0 Å². The van der Waals surface area contributed by atoms with Crippen LogP contribution in [-0.4, -0.2) is 33.0 Å². The lowest BCUT2D eigenvalue weighted by molar-refractivity contribution is -0.110. The summed E-state index contributed by atoms with van der Waals surface area (Å²) in [7, 11) is 3.61. The van der Waals surface area contributed by atoms with Crippen LogP contribution in [0.2, 0.25) is 0 Å². The SMILES string of the molecule is CNC(c1ccc(C)c(F)c1)C1(OC)CCOCC1. The van der Waals surface area contributed by atoms with Crippen molar-refractivity contribution in [2.75, 3.05) is 27.4 Å². The molecule has 1 aromatic carbocycles. The highest BCUT2D eigenvalue weighted by molar-refractivity contribution is 5.28. The quantitative estimate of drug-likeness (QED) is 0.909. The predicted octanol–water partition coefficient (Wildman–Crippen LogP) is 2.59. The molecule has 3 nitrogen and oxygen atoms in total. The number of nitrogens with one attached hydrogen (secondary N) is 1. The highest BCUT2D eigenvalue weighted by Crippen LogP contribution is 2.37. The van der Waals surface area contributed by atoms with E-state index < -0.39 is 0 Å². The fourth-order valence-corrected chi connectivity index (χ4v) is 2.85. The Morgan fingerprint density at radius 2 is 2.05 bits per heavy atom. The number of aryl methyl sites for hydroxylation is 1. The van der Waals surface area contributed by atoms with Crippen LogP contribution in [0.3, 0.4) is 0 Å². The van der Waals surface area contributed by atoms with E-state index in [0.29, 0.717) is 18.8 Å². The number of benzene rings is 1. The first kappa shape index (κ1) is 14.4. The first-order chi connectivity index (χ1) is 9.13. The lowest BCUT2D eigenvalue weighted by Crippen LogP contribution is -2.48. The van der Waals surface area contributed by atoms with Gasteiger partial charge in [-0.2, -0.15) is 0 Å². The lowest BCUT2D eigenvalue weighted by Gasteiger charge is -2.42. The Bertz CT molecular complexity index is 430. The number of halogens is 1. The Morgan fingerprint density at radius 1 is 1.37 bits per heavy atom. The molecule has 0 spiro atoms. The maximum Gasteiger partial charge on any atom is 0.126 e. The molecule has 1 aliphatic heterocycles. The summed E-state index contributed by atoms with van der Waals surface area (Å²) in [4.78, 5) is 0. The summed E-state index contributed by atoms with van der Waals surface area (Å²) in [6.07, 6.45) is 1.62. The normalized spacial score (nSPS) is 20.2. The van der Waals surface area contributed by atoms with Gasteiger partial charge in [-0.1, -0.05) is 12.1 Å².